The van der Waals surface area contributed by atoms with Gasteiger partial charge in [0.25, 0.3) is 5.56 Å². The van der Waals surface area contributed by atoms with Crippen LogP contribution < -0.4 is 10.3 Å². The second kappa shape index (κ2) is 7.08. The van der Waals surface area contributed by atoms with E-state index in [0.717, 1.165) is 6.42 Å². The van der Waals surface area contributed by atoms with Crippen molar-refractivity contribution < 1.29 is 9.53 Å². The molecule has 0 radical (unpaired) electrons. The Balaban J connectivity index is 1.90. The highest BCUT2D eigenvalue weighted by Crippen LogP contribution is 2.31. The Hall–Kier alpha value is -2.80. The monoisotopic (exact) mass is 381 g/mol. The van der Waals surface area contributed by atoms with Gasteiger partial charge in [-0.25, -0.2) is 4.98 Å². The number of likely N-dealkylation sites (tertiary alicyclic amines) is 1. The number of nitrogens with zero attached hydrogens (tertiary/aromatic N) is 3. The topological polar surface area (TPSA) is 64.4 Å². The van der Waals surface area contributed by atoms with Gasteiger partial charge in [0.05, 0.1) is 29.0 Å². The van der Waals surface area contributed by atoms with Crippen molar-refractivity contribution in [3.63, 3.8) is 0 Å². The van der Waals surface area contributed by atoms with Gasteiger partial charge in [0.1, 0.15) is 5.75 Å². The molecule has 0 spiro atoms. The summed E-state index contributed by atoms with van der Waals surface area (Å²) < 4.78 is 6.88. The SMILES string of the molecule is COc1cccc(-n2c(SC3CCN(C)C3=O)nc3ccccc3c2=O)c1. The van der Waals surface area contributed by atoms with Gasteiger partial charge in [-0.3, -0.25) is 14.2 Å². The zero-order chi connectivity index (χ0) is 19.0. The minimum atomic E-state index is -0.236. The fraction of sp³-hybridized carbons (Fsp3) is 0.250. The lowest BCUT2D eigenvalue weighted by molar-refractivity contribution is -0.126. The fourth-order valence-corrected chi connectivity index (χ4v) is 4.40. The predicted molar refractivity (Wildman–Crippen MR) is 106 cm³/mol. The van der Waals surface area contributed by atoms with E-state index in [1.807, 2.05) is 36.4 Å². The Labute approximate surface area is 160 Å². The number of hydrogen-bond donors (Lipinski definition) is 0. The molecule has 1 amide bonds. The minimum Gasteiger partial charge on any atom is -0.497 e. The summed E-state index contributed by atoms with van der Waals surface area (Å²) in [6.45, 7) is 0.716. The summed E-state index contributed by atoms with van der Waals surface area (Å²) in [6.07, 6.45) is 0.737. The Morgan fingerprint density at radius 3 is 2.70 bits per heavy atom. The molecule has 1 aromatic heterocycles. The molecule has 0 saturated carbocycles. The smallest absolute Gasteiger partial charge is 0.266 e. The van der Waals surface area contributed by atoms with Crippen LogP contribution in [-0.4, -0.2) is 46.3 Å². The van der Waals surface area contributed by atoms with Gasteiger partial charge in [-0.1, -0.05) is 30.0 Å². The first-order chi connectivity index (χ1) is 13.1. The zero-order valence-corrected chi connectivity index (χ0v) is 15.9. The molecule has 4 rings (SSSR count). The van der Waals surface area contributed by atoms with Crippen LogP contribution in [0.2, 0.25) is 0 Å². The third kappa shape index (κ3) is 3.19. The highest BCUT2D eigenvalue weighted by molar-refractivity contribution is 8.00. The Morgan fingerprint density at radius 1 is 1.15 bits per heavy atom. The number of thioether (sulfide) groups is 1. The second-order valence-corrected chi connectivity index (χ2v) is 7.58. The quantitative estimate of drug-likeness (QED) is 0.650. The van der Waals surface area contributed by atoms with Gasteiger partial charge in [0.2, 0.25) is 5.91 Å². The van der Waals surface area contributed by atoms with Crippen LogP contribution in [0.3, 0.4) is 0 Å². The molecule has 1 aliphatic heterocycles. The van der Waals surface area contributed by atoms with Crippen molar-refractivity contribution in [1.82, 2.24) is 14.5 Å². The van der Waals surface area contributed by atoms with E-state index in [9.17, 15) is 9.59 Å². The molecular formula is C20H19N3O3S. The van der Waals surface area contributed by atoms with E-state index in [4.69, 9.17) is 9.72 Å². The fourth-order valence-electron chi connectivity index (χ4n) is 3.20. The van der Waals surface area contributed by atoms with Crippen molar-refractivity contribution in [2.75, 3.05) is 20.7 Å². The summed E-state index contributed by atoms with van der Waals surface area (Å²) in [5.41, 5.74) is 1.14. The van der Waals surface area contributed by atoms with Crippen molar-refractivity contribution >= 4 is 28.6 Å². The number of amides is 1. The largest absolute Gasteiger partial charge is 0.497 e. The number of fused-ring (bicyclic) bond motifs is 1. The molecule has 1 aliphatic rings. The number of carbonyl (C=O) groups excluding carboxylic acids is 1. The van der Waals surface area contributed by atoms with E-state index >= 15 is 0 Å². The lowest BCUT2D eigenvalue weighted by Crippen LogP contribution is -2.26. The molecule has 1 unspecified atom stereocenters. The van der Waals surface area contributed by atoms with Gasteiger partial charge >= 0.3 is 0 Å². The lowest BCUT2D eigenvalue weighted by Gasteiger charge is -2.16. The molecule has 138 valence electrons. The maximum atomic E-state index is 13.2. The van der Waals surface area contributed by atoms with Crippen molar-refractivity contribution in [1.29, 1.82) is 0 Å². The second-order valence-electron chi connectivity index (χ2n) is 6.41. The van der Waals surface area contributed by atoms with Crippen LogP contribution >= 0.6 is 11.8 Å². The highest BCUT2D eigenvalue weighted by Gasteiger charge is 2.31. The first-order valence-corrected chi connectivity index (χ1v) is 9.54. The Bertz CT molecular complexity index is 1080. The van der Waals surface area contributed by atoms with Gasteiger partial charge < -0.3 is 9.64 Å². The van der Waals surface area contributed by atoms with E-state index in [0.29, 0.717) is 34.0 Å². The van der Waals surface area contributed by atoms with Crippen molar-refractivity contribution in [3.05, 3.63) is 58.9 Å². The Kier molecular flexibility index (Phi) is 4.61. The molecule has 1 atom stereocenters. The van der Waals surface area contributed by atoms with E-state index in [1.54, 1.807) is 35.8 Å². The summed E-state index contributed by atoms with van der Waals surface area (Å²) in [4.78, 5) is 32.0. The number of carbonyl (C=O) groups is 1. The summed E-state index contributed by atoms with van der Waals surface area (Å²) >= 11 is 1.35. The number of aromatic nitrogens is 2. The minimum absolute atomic E-state index is 0.0691. The third-order valence-electron chi connectivity index (χ3n) is 4.68. The molecule has 1 fully saturated rings. The van der Waals surface area contributed by atoms with Crippen molar-refractivity contribution in [2.45, 2.75) is 16.8 Å². The molecular weight excluding hydrogens is 362 g/mol. The molecule has 0 bridgehead atoms. The maximum Gasteiger partial charge on any atom is 0.266 e. The van der Waals surface area contributed by atoms with Gasteiger partial charge in [-0.15, -0.1) is 0 Å². The van der Waals surface area contributed by atoms with Gasteiger partial charge in [-0.2, -0.15) is 0 Å². The van der Waals surface area contributed by atoms with Crippen LogP contribution in [0, 0.1) is 0 Å². The first kappa shape index (κ1) is 17.6. The molecule has 2 aromatic carbocycles. The lowest BCUT2D eigenvalue weighted by atomic mass is 10.2. The number of rotatable bonds is 4. The van der Waals surface area contributed by atoms with E-state index in [-0.39, 0.29) is 16.7 Å². The van der Waals surface area contributed by atoms with Crippen molar-refractivity contribution in [3.8, 4) is 11.4 Å². The number of hydrogen-bond acceptors (Lipinski definition) is 5. The van der Waals surface area contributed by atoms with Crippen LogP contribution in [0.1, 0.15) is 6.42 Å². The molecule has 1 saturated heterocycles. The number of benzene rings is 2. The van der Waals surface area contributed by atoms with Gasteiger partial charge in [0.15, 0.2) is 5.16 Å². The molecule has 2 heterocycles. The highest BCUT2D eigenvalue weighted by atomic mass is 32.2. The van der Waals surface area contributed by atoms with Crippen LogP contribution in [0.15, 0.2) is 58.5 Å². The molecule has 0 N–H and O–H groups in total. The average molecular weight is 381 g/mol. The van der Waals surface area contributed by atoms with E-state index in [2.05, 4.69) is 0 Å². The molecule has 27 heavy (non-hydrogen) atoms. The zero-order valence-electron chi connectivity index (χ0n) is 15.1. The third-order valence-corrected chi connectivity index (χ3v) is 5.89. The number of ether oxygens (including phenoxy) is 1. The molecule has 6 nitrogen and oxygen atoms in total. The van der Waals surface area contributed by atoms with Crippen molar-refractivity contribution in [2.24, 2.45) is 0 Å². The predicted octanol–water partition coefficient (Wildman–Crippen LogP) is 2.72. The normalized spacial score (nSPS) is 16.9. The average Bonchev–Trinajstić information content (AvgIpc) is 3.00. The number of para-hydroxylation sites is 1. The van der Waals surface area contributed by atoms with Crippen LogP contribution in [0.5, 0.6) is 5.75 Å². The summed E-state index contributed by atoms with van der Waals surface area (Å²) in [6, 6.07) is 14.6. The molecule has 0 aliphatic carbocycles. The van der Waals surface area contributed by atoms with Crippen LogP contribution in [0.4, 0.5) is 0 Å². The standard InChI is InChI=1S/C20H19N3O3S/c1-22-11-10-17(19(22)25)27-20-21-16-9-4-3-8-15(16)18(24)23(20)13-6-5-7-14(12-13)26-2/h3-9,12,17H,10-11H2,1-2H3. The van der Waals surface area contributed by atoms with Crippen LogP contribution in [0.25, 0.3) is 16.6 Å². The Morgan fingerprint density at radius 2 is 1.96 bits per heavy atom. The summed E-state index contributed by atoms with van der Waals surface area (Å²) in [7, 11) is 3.38. The van der Waals surface area contributed by atoms with Crippen LogP contribution in [-0.2, 0) is 4.79 Å². The first-order valence-electron chi connectivity index (χ1n) is 8.66. The summed E-state index contributed by atoms with van der Waals surface area (Å²) in [5, 5.41) is 0.819. The maximum absolute atomic E-state index is 13.2. The van der Waals surface area contributed by atoms with Gasteiger partial charge in [-0.05, 0) is 30.7 Å². The van der Waals surface area contributed by atoms with E-state index < -0.39 is 0 Å². The van der Waals surface area contributed by atoms with E-state index in [1.165, 1.54) is 11.8 Å². The molecule has 7 heteroatoms. The number of methoxy groups -OCH3 is 1. The summed E-state index contributed by atoms with van der Waals surface area (Å²) in [5.74, 6) is 0.722. The molecule has 3 aromatic rings. The van der Waals surface area contributed by atoms with Gasteiger partial charge in [0, 0.05) is 19.7 Å².